The zero-order chi connectivity index (χ0) is 11.5. The van der Waals surface area contributed by atoms with E-state index in [0.29, 0.717) is 11.3 Å². The molecule has 0 heterocycles. The summed E-state index contributed by atoms with van der Waals surface area (Å²) in [4.78, 5) is 0. The minimum Gasteiger partial charge on any atom is -0.490 e. The topological polar surface area (TPSA) is 47.3 Å². The van der Waals surface area contributed by atoms with Gasteiger partial charge in [-0.3, -0.25) is 5.84 Å². The predicted octanol–water partition coefficient (Wildman–Crippen LogP) is 2.00. The van der Waals surface area contributed by atoms with Crippen molar-refractivity contribution in [2.45, 2.75) is 31.4 Å². The SMILES string of the molecule is NNC(c1cccc(OC2CC2)c1)C(F)F. The molecule has 0 aliphatic heterocycles. The van der Waals surface area contributed by atoms with E-state index in [1.165, 1.54) is 0 Å². The highest BCUT2D eigenvalue weighted by molar-refractivity contribution is 5.31. The molecular formula is C11H14F2N2O. The quantitative estimate of drug-likeness (QED) is 0.598. The zero-order valence-electron chi connectivity index (χ0n) is 8.70. The number of hydrogen-bond donors (Lipinski definition) is 2. The summed E-state index contributed by atoms with van der Waals surface area (Å²) in [5.74, 6) is 5.72. The average molecular weight is 228 g/mol. The van der Waals surface area contributed by atoms with Crippen molar-refractivity contribution in [2.24, 2.45) is 5.84 Å². The number of nitrogens with one attached hydrogen (secondary N) is 1. The van der Waals surface area contributed by atoms with E-state index in [1.54, 1.807) is 24.3 Å². The van der Waals surface area contributed by atoms with Crippen LogP contribution in [0.3, 0.4) is 0 Å². The fraction of sp³-hybridized carbons (Fsp3) is 0.455. The number of hydrazine groups is 1. The molecule has 0 spiro atoms. The lowest BCUT2D eigenvalue weighted by atomic mass is 10.1. The number of nitrogens with two attached hydrogens (primary N) is 1. The molecule has 1 fully saturated rings. The molecule has 1 aromatic carbocycles. The second kappa shape index (κ2) is 4.76. The van der Waals surface area contributed by atoms with Crippen LogP contribution in [0.2, 0.25) is 0 Å². The van der Waals surface area contributed by atoms with Crippen LogP contribution in [0, 0.1) is 0 Å². The van der Waals surface area contributed by atoms with Crippen molar-refractivity contribution in [2.75, 3.05) is 0 Å². The van der Waals surface area contributed by atoms with Gasteiger partial charge in [0.25, 0.3) is 6.43 Å². The standard InChI is InChI=1S/C11H14F2N2O/c12-11(13)10(15-14)7-2-1-3-9(6-7)16-8-4-5-8/h1-3,6,8,10-11,15H,4-5,14H2. The molecule has 0 aromatic heterocycles. The Kier molecular flexibility index (Phi) is 3.36. The third kappa shape index (κ3) is 2.68. The summed E-state index contributed by atoms with van der Waals surface area (Å²) in [6.07, 6.45) is -0.206. The third-order valence-electron chi connectivity index (χ3n) is 2.48. The Hall–Kier alpha value is -1.20. The lowest BCUT2D eigenvalue weighted by Gasteiger charge is -2.16. The van der Waals surface area contributed by atoms with Crippen LogP contribution < -0.4 is 16.0 Å². The number of alkyl halides is 2. The van der Waals surface area contributed by atoms with Gasteiger partial charge in [0.1, 0.15) is 11.8 Å². The van der Waals surface area contributed by atoms with E-state index in [0.717, 1.165) is 12.8 Å². The van der Waals surface area contributed by atoms with Gasteiger partial charge >= 0.3 is 0 Å². The molecule has 0 saturated heterocycles. The third-order valence-corrected chi connectivity index (χ3v) is 2.48. The number of benzene rings is 1. The first-order valence-corrected chi connectivity index (χ1v) is 5.21. The van der Waals surface area contributed by atoms with Crippen molar-refractivity contribution in [3.05, 3.63) is 29.8 Å². The number of hydrogen-bond acceptors (Lipinski definition) is 3. The van der Waals surface area contributed by atoms with Crippen molar-refractivity contribution in [1.82, 2.24) is 5.43 Å². The Bertz CT molecular complexity index is 356. The maximum Gasteiger partial charge on any atom is 0.259 e. The summed E-state index contributed by atoms with van der Waals surface area (Å²) in [5.41, 5.74) is 2.55. The van der Waals surface area contributed by atoms with Crippen LogP contribution in [0.15, 0.2) is 24.3 Å². The Morgan fingerprint density at radius 3 is 2.69 bits per heavy atom. The van der Waals surface area contributed by atoms with Gasteiger partial charge in [-0.1, -0.05) is 12.1 Å². The number of halogens is 2. The summed E-state index contributed by atoms with van der Waals surface area (Å²) in [6, 6.07) is 5.52. The Balaban J connectivity index is 2.12. The molecule has 88 valence electrons. The van der Waals surface area contributed by atoms with Crippen molar-refractivity contribution in [3.63, 3.8) is 0 Å². The van der Waals surface area contributed by atoms with Crippen molar-refractivity contribution >= 4 is 0 Å². The summed E-state index contributed by atoms with van der Waals surface area (Å²) in [5, 5.41) is 0. The van der Waals surface area contributed by atoms with E-state index in [1.807, 2.05) is 0 Å². The van der Waals surface area contributed by atoms with Crippen LogP contribution in [0.4, 0.5) is 8.78 Å². The lowest BCUT2D eigenvalue weighted by Crippen LogP contribution is -2.32. The van der Waals surface area contributed by atoms with Gasteiger partial charge in [0, 0.05) is 0 Å². The van der Waals surface area contributed by atoms with Crippen molar-refractivity contribution in [3.8, 4) is 5.75 Å². The van der Waals surface area contributed by atoms with Gasteiger partial charge in [0.2, 0.25) is 0 Å². The minimum atomic E-state index is -2.54. The highest BCUT2D eigenvalue weighted by Gasteiger charge is 2.25. The highest BCUT2D eigenvalue weighted by atomic mass is 19.3. The zero-order valence-corrected chi connectivity index (χ0v) is 8.70. The lowest BCUT2D eigenvalue weighted by molar-refractivity contribution is 0.0985. The van der Waals surface area contributed by atoms with E-state index in [9.17, 15) is 8.78 Å². The molecule has 5 heteroatoms. The second-order valence-electron chi connectivity index (χ2n) is 3.87. The second-order valence-corrected chi connectivity index (χ2v) is 3.87. The van der Waals surface area contributed by atoms with Crippen molar-refractivity contribution < 1.29 is 13.5 Å². The van der Waals surface area contributed by atoms with Gasteiger partial charge in [0.15, 0.2) is 0 Å². The molecule has 1 atom stereocenters. The van der Waals surface area contributed by atoms with Crippen LogP contribution >= 0.6 is 0 Å². The molecule has 1 aromatic rings. The largest absolute Gasteiger partial charge is 0.490 e. The maximum absolute atomic E-state index is 12.6. The molecule has 3 N–H and O–H groups in total. The molecule has 1 aliphatic carbocycles. The molecular weight excluding hydrogens is 214 g/mol. The summed E-state index contributed by atoms with van der Waals surface area (Å²) in [6.45, 7) is 0. The molecule has 16 heavy (non-hydrogen) atoms. The Labute approximate surface area is 92.6 Å². The fourth-order valence-electron chi connectivity index (χ4n) is 1.47. The summed E-state index contributed by atoms with van der Waals surface area (Å²) in [7, 11) is 0. The van der Waals surface area contributed by atoms with Crippen LogP contribution in [-0.4, -0.2) is 12.5 Å². The molecule has 0 bridgehead atoms. The van der Waals surface area contributed by atoms with Gasteiger partial charge < -0.3 is 4.74 Å². The van der Waals surface area contributed by atoms with E-state index in [2.05, 4.69) is 5.43 Å². The van der Waals surface area contributed by atoms with Gasteiger partial charge in [-0.25, -0.2) is 14.2 Å². The van der Waals surface area contributed by atoms with Crippen LogP contribution in [0.5, 0.6) is 5.75 Å². The molecule has 1 aliphatic rings. The van der Waals surface area contributed by atoms with Gasteiger partial charge in [-0.2, -0.15) is 0 Å². The maximum atomic E-state index is 12.6. The monoisotopic (exact) mass is 228 g/mol. The Morgan fingerprint density at radius 1 is 1.38 bits per heavy atom. The molecule has 2 rings (SSSR count). The normalized spacial score (nSPS) is 17.5. The molecule has 0 radical (unpaired) electrons. The summed E-state index contributed by atoms with van der Waals surface area (Å²) < 4.78 is 30.7. The number of rotatable bonds is 5. The van der Waals surface area contributed by atoms with Crippen LogP contribution in [0.25, 0.3) is 0 Å². The Morgan fingerprint density at radius 2 is 2.12 bits per heavy atom. The molecule has 1 saturated carbocycles. The molecule has 3 nitrogen and oxygen atoms in total. The fourth-order valence-corrected chi connectivity index (χ4v) is 1.47. The summed E-state index contributed by atoms with van der Waals surface area (Å²) >= 11 is 0. The van der Waals surface area contributed by atoms with Crippen LogP contribution in [0.1, 0.15) is 24.4 Å². The van der Waals surface area contributed by atoms with E-state index < -0.39 is 12.5 Å². The first-order valence-electron chi connectivity index (χ1n) is 5.21. The molecule has 1 unspecified atom stereocenters. The smallest absolute Gasteiger partial charge is 0.259 e. The van der Waals surface area contributed by atoms with E-state index in [-0.39, 0.29) is 6.10 Å². The average Bonchev–Trinajstić information content (AvgIpc) is 3.03. The van der Waals surface area contributed by atoms with Gasteiger partial charge in [0.05, 0.1) is 6.10 Å². The molecule has 0 amide bonds. The van der Waals surface area contributed by atoms with E-state index in [4.69, 9.17) is 10.6 Å². The minimum absolute atomic E-state index is 0.256. The van der Waals surface area contributed by atoms with Crippen molar-refractivity contribution in [1.29, 1.82) is 0 Å². The van der Waals surface area contributed by atoms with Crippen LogP contribution in [-0.2, 0) is 0 Å². The number of ether oxygens (including phenoxy) is 1. The first-order chi connectivity index (χ1) is 7.70. The van der Waals surface area contributed by atoms with Gasteiger partial charge in [-0.05, 0) is 30.5 Å². The van der Waals surface area contributed by atoms with Gasteiger partial charge in [-0.15, -0.1) is 0 Å². The highest BCUT2D eigenvalue weighted by Crippen LogP contribution is 2.29. The van der Waals surface area contributed by atoms with E-state index >= 15 is 0 Å². The predicted molar refractivity (Wildman–Crippen MR) is 56.2 cm³/mol. The first kappa shape index (κ1) is 11.3.